The number of benzene rings is 2. The van der Waals surface area contributed by atoms with Crippen LogP contribution in [0, 0.1) is 0 Å². The lowest BCUT2D eigenvalue weighted by molar-refractivity contribution is -0.117. The van der Waals surface area contributed by atoms with Crippen molar-refractivity contribution in [3.63, 3.8) is 0 Å². The van der Waals surface area contributed by atoms with Gasteiger partial charge in [0, 0.05) is 6.42 Å². The van der Waals surface area contributed by atoms with Crippen LogP contribution in [-0.2, 0) is 11.2 Å². The largest absolute Gasteiger partial charge is 0.300 e. The zero-order chi connectivity index (χ0) is 21.0. The minimum Gasteiger partial charge on any atom is -0.300 e. The number of rotatable bonds is 15. The fourth-order valence-electron chi connectivity index (χ4n) is 4.89. The van der Waals surface area contributed by atoms with Gasteiger partial charge in [-0.25, -0.2) is 0 Å². The van der Waals surface area contributed by atoms with Gasteiger partial charge in [0.1, 0.15) is 5.78 Å². The smallest absolute Gasteiger partial charge is 0.129 e. The Labute approximate surface area is 184 Å². The van der Waals surface area contributed by atoms with Crippen LogP contribution in [0.15, 0.2) is 42.5 Å². The van der Waals surface area contributed by atoms with Gasteiger partial charge in [-0.3, -0.25) is 0 Å². The summed E-state index contributed by atoms with van der Waals surface area (Å²) >= 11 is 0. The molecule has 0 bridgehead atoms. The molecule has 0 spiro atoms. The number of hydrogen-bond donors (Lipinski definition) is 0. The van der Waals surface area contributed by atoms with E-state index in [1.54, 1.807) is 12.5 Å². The molecule has 1 heteroatoms. The van der Waals surface area contributed by atoms with Crippen molar-refractivity contribution in [2.45, 2.75) is 103 Å². The summed E-state index contributed by atoms with van der Waals surface area (Å²) in [6.07, 6.45) is 21.6. The summed E-state index contributed by atoms with van der Waals surface area (Å²) < 4.78 is 0. The third-order valence-corrected chi connectivity index (χ3v) is 6.63. The highest BCUT2D eigenvalue weighted by atomic mass is 16.1. The van der Waals surface area contributed by atoms with Crippen molar-refractivity contribution in [1.82, 2.24) is 0 Å². The Morgan fingerprint density at radius 3 is 1.93 bits per heavy atom. The molecule has 2 aromatic carbocycles. The van der Waals surface area contributed by atoms with E-state index < -0.39 is 0 Å². The zero-order valence-electron chi connectivity index (χ0n) is 19.1. The molecule has 0 saturated heterocycles. The second kappa shape index (κ2) is 12.7. The van der Waals surface area contributed by atoms with Crippen LogP contribution in [0.25, 0.3) is 16.3 Å². The van der Waals surface area contributed by atoms with Crippen molar-refractivity contribution < 1.29 is 4.79 Å². The van der Waals surface area contributed by atoms with Gasteiger partial charge in [-0.15, -0.1) is 0 Å². The molecule has 0 amide bonds. The third-order valence-electron chi connectivity index (χ3n) is 6.63. The Bertz CT molecular complexity index is 824. The molecule has 3 rings (SSSR count). The standard InChI is InChI=1S/C29H40O/c1-24(30)16-12-10-8-6-4-2-3-5-7-9-11-13-17-25-22-23-27-19-14-18-26-20-15-21-28(25)29(26)27/h14-15,18-22H,2-13,16-17,23H2,1H3. The maximum atomic E-state index is 10.9. The SMILES string of the molecule is CC(=O)CCCCCCCCCCCCCCC1=CCc2cccc3cccc1c23. The Morgan fingerprint density at radius 1 is 0.733 bits per heavy atom. The van der Waals surface area contributed by atoms with Crippen LogP contribution in [-0.4, -0.2) is 5.78 Å². The monoisotopic (exact) mass is 404 g/mol. The highest BCUT2D eigenvalue weighted by Crippen LogP contribution is 2.35. The maximum absolute atomic E-state index is 10.9. The van der Waals surface area contributed by atoms with E-state index in [0.29, 0.717) is 5.78 Å². The summed E-state index contributed by atoms with van der Waals surface area (Å²) in [4.78, 5) is 10.9. The molecule has 1 aliphatic rings. The molecule has 0 heterocycles. The quantitative estimate of drug-likeness (QED) is 0.271. The van der Waals surface area contributed by atoms with Crippen LogP contribution < -0.4 is 0 Å². The van der Waals surface area contributed by atoms with Crippen molar-refractivity contribution in [2.24, 2.45) is 0 Å². The Kier molecular flexibility index (Phi) is 9.67. The Morgan fingerprint density at radius 2 is 1.30 bits per heavy atom. The Hall–Kier alpha value is -1.89. The molecule has 0 unspecified atom stereocenters. The van der Waals surface area contributed by atoms with Crippen LogP contribution in [0.4, 0.5) is 0 Å². The van der Waals surface area contributed by atoms with Gasteiger partial charge < -0.3 is 4.79 Å². The first-order valence-electron chi connectivity index (χ1n) is 12.4. The van der Waals surface area contributed by atoms with E-state index in [0.717, 1.165) is 19.3 Å². The zero-order valence-corrected chi connectivity index (χ0v) is 19.1. The predicted molar refractivity (Wildman–Crippen MR) is 131 cm³/mol. The average molecular weight is 405 g/mol. The summed E-state index contributed by atoms with van der Waals surface area (Å²) in [6, 6.07) is 13.5. The van der Waals surface area contributed by atoms with Crippen LogP contribution in [0.3, 0.4) is 0 Å². The molecular weight excluding hydrogens is 364 g/mol. The van der Waals surface area contributed by atoms with E-state index in [-0.39, 0.29) is 0 Å². The number of hydrogen-bond acceptors (Lipinski definition) is 1. The highest BCUT2D eigenvalue weighted by molar-refractivity contribution is 5.98. The molecule has 0 aliphatic heterocycles. The molecule has 30 heavy (non-hydrogen) atoms. The number of unbranched alkanes of at least 4 members (excludes halogenated alkanes) is 11. The third kappa shape index (κ3) is 7.11. The van der Waals surface area contributed by atoms with Crippen molar-refractivity contribution in [1.29, 1.82) is 0 Å². The van der Waals surface area contributed by atoms with Crippen molar-refractivity contribution in [3.8, 4) is 0 Å². The van der Waals surface area contributed by atoms with Gasteiger partial charge in [0.25, 0.3) is 0 Å². The number of ketones is 1. The van der Waals surface area contributed by atoms with Crippen LogP contribution in [0.5, 0.6) is 0 Å². The molecule has 1 nitrogen and oxygen atoms in total. The lowest BCUT2D eigenvalue weighted by Gasteiger charge is -2.18. The molecule has 0 aromatic heterocycles. The molecule has 0 fully saturated rings. The normalized spacial score (nSPS) is 12.9. The molecule has 0 radical (unpaired) electrons. The lowest BCUT2D eigenvalue weighted by atomic mass is 9.86. The van der Waals surface area contributed by atoms with E-state index in [2.05, 4.69) is 42.5 Å². The van der Waals surface area contributed by atoms with Gasteiger partial charge >= 0.3 is 0 Å². The van der Waals surface area contributed by atoms with Crippen molar-refractivity contribution >= 4 is 22.1 Å². The van der Waals surface area contributed by atoms with Crippen LogP contribution >= 0.6 is 0 Å². The molecule has 1 aliphatic carbocycles. The van der Waals surface area contributed by atoms with Gasteiger partial charge in [-0.05, 0) is 60.1 Å². The van der Waals surface area contributed by atoms with Crippen molar-refractivity contribution in [3.05, 3.63) is 53.6 Å². The number of carbonyl (C=O) groups is 1. The summed E-state index contributed by atoms with van der Waals surface area (Å²) in [7, 11) is 0. The minimum absolute atomic E-state index is 0.341. The highest BCUT2D eigenvalue weighted by Gasteiger charge is 2.13. The van der Waals surface area contributed by atoms with Gasteiger partial charge in [0.05, 0.1) is 0 Å². The number of carbonyl (C=O) groups excluding carboxylic acids is 1. The summed E-state index contributed by atoms with van der Waals surface area (Å²) in [5.74, 6) is 0.341. The van der Waals surface area contributed by atoms with Gasteiger partial charge in [0.2, 0.25) is 0 Å². The first kappa shape index (κ1) is 22.8. The van der Waals surface area contributed by atoms with Crippen molar-refractivity contribution in [2.75, 3.05) is 0 Å². The van der Waals surface area contributed by atoms with Crippen LogP contribution in [0.2, 0.25) is 0 Å². The second-order valence-corrected chi connectivity index (χ2v) is 9.20. The molecule has 0 atom stereocenters. The number of allylic oxidation sites excluding steroid dienone is 2. The van der Waals surface area contributed by atoms with E-state index in [9.17, 15) is 4.79 Å². The van der Waals surface area contributed by atoms with E-state index in [1.807, 2.05) is 0 Å². The lowest BCUT2D eigenvalue weighted by Crippen LogP contribution is -1.98. The fourth-order valence-corrected chi connectivity index (χ4v) is 4.89. The summed E-state index contributed by atoms with van der Waals surface area (Å²) in [5, 5.41) is 2.89. The van der Waals surface area contributed by atoms with E-state index >= 15 is 0 Å². The topological polar surface area (TPSA) is 17.1 Å². The van der Waals surface area contributed by atoms with Crippen LogP contribution in [0.1, 0.15) is 108 Å². The molecular formula is C29H40O. The molecule has 0 N–H and O–H groups in total. The van der Waals surface area contributed by atoms with Gasteiger partial charge in [0.15, 0.2) is 0 Å². The van der Waals surface area contributed by atoms with E-state index in [4.69, 9.17) is 0 Å². The average Bonchev–Trinajstić information content (AvgIpc) is 2.75. The second-order valence-electron chi connectivity index (χ2n) is 9.20. The first-order chi connectivity index (χ1) is 14.8. The molecule has 162 valence electrons. The predicted octanol–water partition coefficient (Wildman–Crippen LogP) is 8.83. The van der Waals surface area contributed by atoms with E-state index in [1.165, 1.54) is 98.9 Å². The fraction of sp³-hybridized carbons (Fsp3) is 0.552. The summed E-state index contributed by atoms with van der Waals surface area (Å²) in [5.41, 5.74) is 4.54. The van der Waals surface area contributed by atoms with Gasteiger partial charge in [-0.1, -0.05) is 107 Å². The molecule has 2 aromatic rings. The Balaban J connectivity index is 1.21. The number of Topliss-reactive ketones (excluding diaryl/α,β-unsaturated/α-hetero) is 1. The minimum atomic E-state index is 0.341. The first-order valence-corrected chi connectivity index (χ1v) is 12.4. The van der Waals surface area contributed by atoms with Gasteiger partial charge in [-0.2, -0.15) is 0 Å². The molecule has 0 saturated carbocycles. The summed E-state index contributed by atoms with van der Waals surface area (Å²) in [6.45, 7) is 1.70. The maximum Gasteiger partial charge on any atom is 0.129 e.